The number of hydrogen-bond acceptors (Lipinski definition) is 4. The summed E-state index contributed by atoms with van der Waals surface area (Å²) >= 11 is 4.78. The van der Waals surface area contributed by atoms with Crippen LogP contribution in [-0.4, -0.2) is 16.1 Å². The summed E-state index contributed by atoms with van der Waals surface area (Å²) in [5, 5.41) is 12.1. The van der Waals surface area contributed by atoms with E-state index < -0.39 is 0 Å². The molecule has 0 fully saturated rings. The molecule has 1 amide bonds. The van der Waals surface area contributed by atoms with Crippen molar-refractivity contribution in [2.24, 2.45) is 0 Å². The summed E-state index contributed by atoms with van der Waals surface area (Å²) < 4.78 is 0.778. The average Bonchev–Trinajstić information content (AvgIpc) is 2.76. The number of nitrogens with one attached hydrogen (secondary N) is 1. The molecule has 0 aliphatic rings. The van der Waals surface area contributed by atoms with Gasteiger partial charge < -0.3 is 0 Å². The summed E-state index contributed by atoms with van der Waals surface area (Å²) in [6.07, 6.45) is 0.821. The molecule has 0 aliphatic carbocycles. The lowest BCUT2D eigenvalue weighted by molar-refractivity contribution is 0.102. The van der Waals surface area contributed by atoms with Crippen LogP contribution in [0.15, 0.2) is 22.7 Å². The first-order valence-electron chi connectivity index (χ1n) is 5.50. The van der Waals surface area contributed by atoms with Crippen LogP contribution in [-0.2, 0) is 6.42 Å². The standard InChI is InChI=1S/C12H12BrN3OS/c1-3-10-15-16-12(18-10)14-11(17)8-5-4-7(2)6-9(8)13/h4-6H,3H2,1-2H3,(H,14,16,17). The van der Waals surface area contributed by atoms with Crippen LogP contribution in [0.3, 0.4) is 0 Å². The maximum atomic E-state index is 12.0. The summed E-state index contributed by atoms with van der Waals surface area (Å²) in [6.45, 7) is 3.98. The van der Waals surface area contributed by atoms with Gasteiger partial charge in [0, 0.05) is 4.47 Å². The second kappa shape index (κ2) is 5.58. The molecule has 0 spiro atoms. The van der Waals surface area contributed by atoms with Crippen LogP contribution in [0.25, 0.3) is 0 Å². The van der Waals surface area contributed by atoms with Crippen LogP contribution in [0.1, 0.15) is 27.9 Å². The summed E-state index contributed by atoms with van der Waals surface area (Å²) in [5.74, 6) is -0.180. The molecular formula is C12H12BrN3OS. The first kappa shape index (κ1) is 13.2. The Morgan fingerprint density at radius 1 is 1.44 bits per heavy atom. The third kappa shape index (κ3) is 2.94. The van der Waals surface area contributed by atoms with Crippen molar-refractivity contribution in [2.75, 3.05) is 5.32 Å². The second-order valence-corrected chi connectivity index (χ2v) is 5.71. The molecule has 0 aliphatic heterocycles. The van der Waals surface area contributed by atoms with Crippen LogP contribution in [0.5, 0.6) is 0 Å². The topological polar surface area (TPSA) is 54.9 Å². The molecule has 0 unspecified atom stereocenters. The number of anilines is 1. The van der Waals surface area contributed by atoms with Gasteiger partial charge in [-0.25, -0.2) is 0 Å². The monoisotopic (exact) mass is 325 g/mol. The molecule has 2 aromatic rings. The fourth-order valence-corrected chi connectivity index (χ4v) is 2.76. The molecule has 0 saturated carbocycles. The first-order valence-corrected chi connectivity index (χ1v) is 7.11. The van der Waals surface area contributed by atoms with Gasteiger partial charge in [0.05, 0.1) is 5.56 Å². The normalized spacial score (nSPS) is 10.4. The lowest BCUT2D eigenvalue weighted by atomic mass is 10.1. The Morgan fingerprint density at radius 2 is 2.22 bits per heavy atom. The zero-order chi connectivity index (χ0) is 13.1. The Bertz CT molecular complexity index is 582. The molecule has 0 bridgehead atoms. The highest BCUT2D eigenvalue weighted by atomic mass is 79.9. The molecule has 1 heterocycles. The zero-order valence-electron chi connectivity index (χ0n) is 10.0. The lowest BCUT2D eigenvalue weighted by Crippen LogP contribution is -2.12. The van der Waals surface area contributed by atoms with Crippen molar-refractivity contribution in [1.82, 2.24) is 10.2 Å². The zero-order valence-corrected chi connectivity index (χ0v) is 12.4. The largest absolute Gasteiger partial charge is 0.296 e. The van der Waals surface area contributed by atoms with E-state index in [9.17, 15) is 4.79 Å². The maximum Gasteiger partial charge on any atom is 0.258 e. The molecule has 0 radical (unpaired) electrons. The Labute approximate surface area is 118 Å². The van der Waals surface area contributed by atoms with Gasteiger partial charge in [-0.2, -0.15) is 0 Å². The van der Waals surface area contributed by atoms with Crippen molar-refractivity contribution in [3.63, 3.8) is 0 Å². The van der Waals surface area contributed by atoms with Gasteiger partial charge in [0.1, 0.15) is 5.01 Å². The smallest absolute Gasteiger partial charge is 0.258 e. The van der Waals surface area contributed by atoms with E-state index in [0.29, 0.717) is 10.7 Å². The number of carbonyl (C=O) groups is 1. The number of benzene rings is 1. The number of halogens is 1. The Morgan fingerprint density at radius 3 is 2.83 bits per heavy atom. The van der Waals surface area contributed by atoms with E-state index in [-0.39, 0.29) is 5.91 Å². The van der Waals surface area contributed by atoms with Crippen LogP contribution in [0.2, 0.25) is 0 Å². The molecule has 1 aromatic carbocycles. The second-order valence-electron chi connectivity index (χ2n) is 3.79. The SMILES string of the molecule is CCc1nnc(NC(=O)c2ccc(C)cc2Br)s1. The Balaban J connectivity index is 2.16. The highest BCUT2D eigenvalue weighted by molar-refractivity contribution is 9.10. The van der Waals surface area contributed by atoms with Crippen LogP contribution >= 0.6 is 27.3 Å². The molecule has 18 heavy (non-hydrogen) atoms. The number of hydrogen-bond donors (Lipinski definition) is 1. The first-order chi connectivity index (χ1) is 8.60. The van der Waals surface area contributed by atoms with E-state index in [4.69, 9.17) is 0 Å². The molecule has 1 N–H and O–H groups in total. The van der Waals surface area contributed by atoms with E-state index >= 15 is 0 Å². The molecule has 94 valence electrons. The summed E-state index contributed by atoms with van der Waals surface area (Å²) in [7, 11) is 0. The minimum absolute atomic E-state index is 0.180. The van der Waals surface area contributed by atoms with Crippen molar-refractivity contribution in [2.45, 2.75) is 20.3 Å². The predicted octanol–water partition coefficient (Wildman–Crippen LogP) is 3.42. The minimum Gasteiger partial charge on any atom is -0.296 e. The van der Waals surface area contributed by atoms with Crippen molar-refractivity contribution in [3.8, 4) is 0 Å². The van der Waals surface area contributed by atoms with E-state index in [1.807, 2.05) is 26.0 Å². The van der Waals surface area contributed by atoms with E-state index in [1.54, 1.807) is 6.07 Å². The van der Waals surface area contributed by atoms with Crippen molar-refractivity contribution in [3.05, 3.63) is 38.8 Å². The summed E-state index contributed by atoms with van der Waals surface area (Å²) in [4.78, 5) is 12.0. The van der Waals surface area contributed by atoms with Gasteiger partial charge in [0.15, 0.2) is 0 Å². The summed E-state index contributed by atoms with van der Waals surface area (Å²) in [6, 6.07) is 5.60. The number of carbonyl (C=O) groups excluding carboxylic acids is 1. The number of nitrogens with zero attached hydrogens (tertiary/aromatic N) is 2. The molecular weight excluding hydrogens is 314 g/mol. The van der Waals surface area contributed by atoms with Gasteiger partial charge >= 0.3 is 0 Å². The van der Waals surface area contributed by atoms with Crippen LogP contribution < -0.4 is 5.32 Å². The van der Waals surface area contributed by atoms with E-state index in [2.05, 4.69) is 31.4 Å². The van der Waals surface area contributed by atoms with Crippen LogP contribution in [0.4, 0.5) is 5.13 Å². The summed E-state index contributed by atoms with van der Waals surface area (Å²) in [5.41, 5.74) is 1.69. The molecule has 6 heteroatoms. The van der Waals surface area contributed by atoms with Crippen molar-refractivity contribution in [1.29, 1.82) is 0 Å². The fraction of sp³-hybridized carbons (Fsp3) is 0.250. The molecule has 1 aromatic heterocycles. The van der Waals surface area contributed by atoms with Gasteiger partial charge in [-0.15, -0.1) is 10.2 Å². The van der Waals surface area contributed by atoms with E-state index in [0.717, 1.165) is 21.5 Å². The maximum absolute atomic E-state index is 12.0. The molecule has 4 nitrogen and oxygen atoms in total. The molecule has 2 rings (SSSR count). The predicted molar refractivity (Wildman–Crippen MR) is 76.1 cm³/mol. The average molecular weight is 326 g/mol. The van der Waals surface area contributed by atoms with Crippen molar-refractivity contribution >= 4 is 38.3 Å². The van der Waals surface area contributed by atoms with Gasteiger partial charge in [-0.3, -0.25) is 10.1 Å². The van der Waals surface area contributed by atoms with E-state index in [1.165, 1.54) is 11.3 Å². The van der Waals surface area contributed by atoms with Gasteiger partial charge in [-0.1, -0.05) is 24.3 Å². The van der Waals surface area contributed by atoms with Gasteiger partial charge in [0.25, 0.3) is 5.91 Å². The third-order valence-electron chi connectivity index (χ3n) is 2.36. The lowest BCUT2D eigenvalue weighted by Gasteiger charge is -2.04. The highest BCUT2D eigenvalue weighted by Crippen LogP contribution is 2.21. The highest BCUT2D eigenvalue weighted by Gasteiger charge is 2.12. The number of amides is 1. The fourth-order valence-electron chi connectivity index (χ4n) is 1.42. The molecule has 0 atom stereocenters. The Hall–Kier alpha value is -1.27. The van der Waals surface area contributed by atoms with Crippen LogP contribution in [0, 0.1) is 6.92 Å². The van der Waals surface area contributed by atoms with Crippen molar-refractivity contribution < 1.29 is 4.79 Å². The quantitative estimate of drug-likeness (QED) is 0.940. The minimum atomic E-state index is -0.180. The molecule has 0 saturated heterocycles. The van der Waals surface area contributed by atoms with Gasteiger partial charge in [0.2, 0.25) is 5.13 Å². The Kier molecular flexibility index (Phi) is 4.08. The number of aryl methyl sites for hydroxylation is 2. The number of rotatable bonds is 3. The van der Waals surface area contributed by atoms with Gasteiger partial charge in [-0.05, 0) is 47.0 Å². The third-order valence-corrected chi connectivity index (χ3v) is 4.00. The number of aromatic nitrogens is 2.